The van der Waals surface area contributed by atoms with E-state index in [1.54, 1.807) is 17.0 Å². The number of anilines is 1. The van der Waals surface area contributed by atoms with Crippen LogP contribution < -0.4 is 5.32 Å². The zero-order valence-corrected chi connectivity index (χ0v) is 13.3. The van der Waals surface area contributed by atoms with Crippen molar-refractivity contribution in [3.63, 3.8) is 0 Å². The van der Waals surface area contributed by atoms with Gasteiger partial charge in [-0.05, 0) is 36.2 Å². The van der Waals surface area contributed by atoms with Crippen molar-refractivity contribution < 1.29 is 14.7 Å². The van der Waals surface area contributed by atoms with Crippen molar-refractivity contribution in [3.05, 3.63) is 60.2 Å². The van der Waals surface area contributed by atoms with Crippen LogP contribution in [0.15, 0.2) is 54.6 Å². The van der Waals surface area contributed by atoms with Gasteiger partial charge in [0.15, 0.2) is 0 Å². The maximum Gasteiger partial charge on any atom is 0.229 e. The number of carbonyl (C=O) groups excluding carboxylic acids is 2. The van der Waals surface area contributed by atoms with Crippen LogP contribution in [-0.4, -0.2) is 34.9 Å². The molecule has 2 N–H and O–H groups in total. The Balaban J connectivity index is 1.53. The molecule has 5 nitrogen and oxygen atoms in total. The van der Waals surface area contributed by atoms with E-state index in [1.165, 1.54) is 17.7 Å². The van der Waals surface area contributed by atoms with E-state index >= 15 is 0 Å². The largest absolute Gasteiger partial charge is 0.508 e. The van der Waals surface area contributed by atoms with Crippen LogP contribution in [0.1, 0.15) is 12.0 Å². The van der Waals surface area contributed by atoms with E-state index in [1.807, 2.05) is 30.3 Å². The molecule has 1 aliphatic heterocycles. The lowest BCUT2D eigenvalue weighted by atomic mass is 10.1. The first-order valence-electron chi connectivity index (χ1n) is 8.03. The maximum atomic E-state index is 12.3. The minimum Gasteiger partial charge on any atom is -0.508 e. The Morgan fingerprint density at radius 3 is 2.54 bits per heavy atom. The number of benzene rings is 2. The lowest BCUT2D eigenvalue weighted by molar-refractivity contribution is -0.128. The van der Waals surface area contributed by atoms with E-state index < -0.39 is 0 Å². The van der Waals surface area contributed by atoms with Gasteiger partial charge < -0.3 is 15.3 Å². The van der Waals surface area contributed by atoms with Crippen LogP contribution in [0.2, 0.25) is 0 Å². The first-order chi connectivity index (χ1) is 11.6. The number of rotatable bonds is 5. The molecule has 1 fully saturated rings. The summed E-state index contributed by atoms with van der Waals surface area (Å²) in [6.45, 7) is 1.08. The molecule has 0 saturated carbocycles. The van der Waals surface area contributed by atoms with E-state index in [9.17, 15) is 14.7 Å². The number of likely N-dealkylation sites (tertiary alicyclic amines) is 1. The highest BCUT2D eigenvalue weighted by Gasteiger charge is 2.33. The molecule has 1 unspecified atom stereocenters. The normalized spacial score (nSPS) is 17.1. The summed E-state index contributed by atoms with van der Waals surface area (Å²) in [6.07, 6.45) is 1.04. The monoisotopic (exact) mass is 324 g/mol. The summed E-state index contributed by atoms with van der Waals surface area (Å²) in [5.74, 6) is -0.314. The molecule has 0 aromatic heterocycles. The zero-order chi connectivity index (χ0) is 16.9. The van der Waals surface area contributed by atoms with Crippen LogP contribution in [-0.2, 0) is 16.0 Å². The molecule has 24 heavy (non-hydrogen) atoms. The van der Waals surface area contributed by atoms with Crippen LogP contribution in [0.3, 0.4) is 0 Å². The lowest BCUT2D eigenvalue weighted by Crippen LogP contribution is -2.30. The van der Waals surface area contributed by atoms with Crippen molar-refractivity contribution in [2.75, 3.05) is 18.4 Å². The maximum absolute atomic E-state index is 12.3. The predicted molar refractivity (Wildman–Crippen MR) is 91.6 cm³/mol. The predicted octanol–water partition coefficient (Wildman–Crippen LogP) is 2.42. The van der Waals surface area contributed by atoms with E-state index in [2.05, 4.69) is 5.32 Å². The molecule has 2 aromatic carbocycles. The molecule has 0 aliphatic carbocycles. The summed E-state index contributed by atoms with van der Waals surface area (Å²) in [7, 11) is 0. The Morgan fingerprint density at radius 2 is 1.83 bits per heavy atom. The van der Waals surface area contributed by atoms with Crippen LogP contribution in [0.4, 0.5) is 5.69 Å². The molecule has 5 heteroatoms. The van der Waals surface area contributed by atoms with E-state index in [0.29, 0.717) is 18.8 Å². The third-order valence-electron chi connectivity index (χ3n) is 4.23. The molecule has 1 saturated heterocycles. The summed E-state index contributed by atoms with van der Waals surface area (Å²) >= 11 is 0. The van der Waals surface area contributed by atoms with Gasteiger partial charge in [0.2, 0.25) is 11.8 Å². The molecule has 1 aliphatic rings. The van der Waals surface area contributed by atoms with Crippen LogP contribution in [0, 0.1) is 5.92 Å². The molecule has 0 bridgehead atoms. The van der Waals surface area contributed by atoms with Gasteiger partial charge in [-0.1, -0.05) is 30.3 Å². The SMILES string of the molecule is O=C(Nc1ccc(O)cc1)C1CC(=O)N(CCc2ccccc2)C1. The highest BCUT2D eigenvalue weighted by atomic mass is 16.3. The minimum absolute atomic E-state index is 0.0248. The van der Waals surface area contributed by atoms with Crippen molar-refractivity contribution in [2.24, 2.45) is 5.92 Å². The summed E-state index contributed by atoms with van der Waals surface area (Å²) in [5, 5.41) is 12.1. The van der Waals surface area contributed by atoms with Crippen molar-refractivity contribution >= 4 is 17.5 Å². The van der Waals surface area contributed by atoms with Crippen LogP contribution in [0.25, 0.3) is 0 Å². The van der Waals surface area contributed by atoms with Crippen LogP contribution in [0.5, 0.6) is 5.75 Å². The molecule has 1 heterocycles. The fourth-order valence-corrected chi connectivity index (χ4v) is 2.86. The standard InChI is InChI=1S/C19H20N2O3/c22-17-8-6-16(7-9-17)20-19(24)15-12-18(23)21(13-15)11-10-14-4-2-1-3-5-14/h1-9,15,22H,10-13H2,(H,20,24). The summed E-state index contributed by atoms with van der Waals surface area (Å²) in [5.41, 5.74) is 1.80. The number of carbonyl (C=O) groups is 2. The number of aromatic hydroxyl groups is 1. The molecular formula is C19H20N2O3. The highest BCUT2D eigenvalue weighted by molar-refractivity contribution is 5.97. The second-order valence-electron chi connectivity index (χ2n) is 6.01. The molecule has 1 atom stereocenters. The van der Waals surface area contributed by atoms with Crippen molar-refractivity contribution in [1.82, 2.24) is 4.90 Å². The van der Waals surface area contributed by atoms with Gasteiger partial charge in [-0.3, -0.25) is 9.59 Å². The van der Waals surface area contributed by atoms with Crippen molar-refractivity contribution in [2.45, 2.75) is 12.8 Å². The van der Waals surface area contributed by atoms with Gasteiger partial charge >= 0.3 is 0 Å². The topological polar surface area (TPSA) is 69.6 Å². The van der Waals surface area contributed by atoms with E-state index in [0.717, 1.165) is 6.42 Å². The van der Waals surface area contributed by atoms with Gasteiger partial charge in [0.05, 0.1) is 5.92 Å². The van der Waals surface area contributed by atoms with Gasteiger partial charge in [0.1, 0.15) is 5.75 Å². The average Bonchev–Trinajstić information content (AvgIpc) is 2.97. The van der Waals surface area contributed by atoms with E-state index in [4.69, 9.17) is 0 Å². The smallest absolute Gasteiger partial charge is 0.229 e. The van der Waals surface area contributed by atoms with E-state index in [-0.39, 0.29) is 29.9 Å². The van der Waals surface area contributed by atoms with Gasteiger partial charge in [-0.15, -0.1) is 0 Å². The Bertz CT molecular complexity index is 713. The second-order valence-corrected chi connectivity index (χ2v) is 6.01. The Morgan fingerprint density at radius 1 is 1.12 bits per heavy atom. The molecular weight excluding hydrogens is 304 g/mol. The molecule has 2 aromatic rings. The zero-order valence-electron chi connectivity index (χ0n) is 13.3. The van der Waals surface area contributed by atoms with Gasteiger partial charge in [0, 0.05) is 25.2 Å². The third-order valence-corrected chi connectivity index (χ3v) is 4.23. The Labute approximate surface area is 140 Å². The number of phenols is 1. The molecule has 124 valence electrons. The van der Waals surface area contributed by atoms with Gasteiger partial charge in [-0.25, -0.2) is 0 Å². The Kier molecular flexibility index (Phi) is 4.79. The van der Waals surface area contributed by atoms with Crippen LogP contribution >= 0.6 is 0 Å². The quantitative estimate of drug-likeness (QED) is 0.830. The second kappa shape index (κ2) is 7.17. The highest BCUT2D eigenvalue weighted by Crippen LogP contribution is 2.21. The van der Waals surface area contributed by atoms with Crippen molar-refractivity contribution in [1.29, 1.82) is 0 Å². The third kappa shape index (κ3) is 3.93. The average molecular weight is 324 g/mol. The Hall–Kier alpha value is -2.82. The molecule has 0 spiro atoms. The number of nitrogens with one attached hydrogen (secondary N) is 1. The lowest BCUT2D eigenvalue weighted by Gasteiger charge is -2.16. The van der Waals surface area contributed by atoms with Crippen molar-refractivity contribution in [3.8, 4) is 5.75 Å². The van der Waals surface area contributed by atoms with Gasteiger partial charge in [-0.2, -0.15) is 0 Å². The summed E-state index contributed by atoms with van der Waals surface area (Å²) in [6, 6.07) is 16.3. The number of hydrogen-bond donors (Lipinski definition) is 2. The minimum atomic E-state index is -0.331. The molecule has 2 amide bonds. The van der Waals surface area contributed by atoms with Gasteiger partial charge in [0.25, 0.3) is 0 Å². The summed E-state index contributed by atoms with van der Waals surface area (Å²) < 4.78 is 0. The molecule has 0 radical (unpaired) electrons. The first kappa shape index (κ1) is 16.1. The fraction of sp³-hybridized carbons (Fsp3) is 0.263. The molecule has 3 rings (SSSR count). The fourth-order valence-electron chi connectivity index (χ4n) is 2.86. The summed E-state index contributed by atoms with van der Waals surface area (Å²) in [4.78, 5) is 26.2. The number of nitrogens with zero attached hydrogens (tertiary/aromatic N) is 1. The number of hydrogen-bond acceptors (Lipinski definition) is 3. The first-order valence-corrected chi connectivity index (χ1v) is 8.03. The number of amides is 2. The number of phenolic OH excluding ortho intramolecular Hbond substituents is 1.